The zero-order valence-electron chi connectivity index (χ0n) is 11.8. The molecule has 0 aliphatic carbocycles. The predicted molar refractivity (Wildman–Crippen MR) is 83.7 cm³/mol. The third-order valence-corrected chi connectivity index (χ3v) is 5.52. The highest BCUT2D eigenvalue weighted by Crippen LogP contribution is 2.60. The van der Waals surface area contributed by atoms with Crippen molar-refractivity contribution in [2.75, 3.05) is 13.2 Å². The van der Waals surface area contributed by atoms with Crippen molar-refractivity contribution in [1.82, 2.24) is 0 Å². The van der Waals surface area contributed by atoms with Crippen molar-refractivity contribution < 1.29 is 33.8 Å². The fourth-order valence-electron chi connectivity index (χ4n) is 1.64. The molecular weight excluding hydrogens is 332 g/mol. The number of rotatable bonds is 9. The zero-order valence-corrected chi connectivity index (χ0v) is 13.6. The lowest BCUT2D eigenvalue weighted by Gasteiger charge is -2.08. The molecule has 0 unspecified atom stereocenters. The van der Waals surface area contributed by atoms with Crippen LogP contribution < -0.4 is 4.74 Å². The maximum atomic E-state index is 11.0. The summed E-state index contributed by atoms with van der Waals surface area (Å²) in [5, 5.41) is -1.24. The van der Waals surface area contributed by atoms with Gasteiger partial charge in [0.05, 0.1) is 6.61 Å². The second-order valence-electron chi connectivity index (χ2n) is 4.52. The fourth-order valence-corrected chi connectivity index (χ4v) is 3.61. The lowest BCUT2D eigenvalue weighted by molar-refractivity contribution is 0.305. The molecule has 0 aliphatic heterocycles. The Labute approximate surface area is 128 Å². The SMILES string of the molecule is O=P(O)(O)C(=NCCCCCOc1ccccc1)[P+](O)(O)O. The van der Waals surface area contributed by atoms with E-state index in [0.717, 1.165) is 5.75 Å². The lowest BCUT2D eigenvalue weighted by Crippen LogP contribution is -2.07. The number of hydrogen-bond donors (Lipinski definition) is 5. The minimum absolute atomic E-state index is 0.0186. The van der Waals surface area contributed by atoms with Gasteiger partial charge in [0, 0.05) is 6.54 Å². The molecule has 1 rings (SSSR count). The van der Waals surface area contributed by atoms with Crippen LogP contribution in [0.4, 0.5) is 0 Å². The molecule has 0 heterocycles. The molecule has 0 aliphatic rings. The summed E-state index contributed by atoms with van der Waals surface area (Å²) in [5.74, 6) is 0.764. The summed E-state index contributed by atoms with van der Waals surface area (Å²) in [6.45, 7) is 0.477. The summed E-state index contributed by atoms with van der Waals surface area (Å²) in [7, 11) is -9.76. The quantitative estimate of drug-likeness (QED) is 0.258. The molecule has 124 valence electrons. The number of ether oxygens (including phenoxy) is 1. The molecule has 0 atom stereocenters. The minimum atomic E-state index is -4.97. The molecule has 8 nitrogen and oxygen atoms in total. The van der Waals surface area contributed by atoms with Gasteiger partial charge in [0.25, 0.3) is 0 Å². The predicted octanol–water partition coefficient (Wildman–Crippen LogP) is 1.51. The molecule has 0 bridgehead atoms. The van der Waals surface area contributed by atoms with Gasteiger partial charge < -0.3 is 14.5 Å². The van der Waals surface area contributed by atoms with Crippen LogP contribution in [0.2, 0.25) is 0 Å². The van der Waals surface area contributed by atoms with Crippen molar-refractivity contribution in [3.05, 3.63) is 30.3 Å². The van der Waals surface area contributed by atoms with Gasteiger partial charge >= 0.3 is 20.7 Å². The Morgan fingerprint density at radius 2 is 1.73 bits per heavy atom. The molecule has 0 saturated heterocycles. The van der Waals surface area contributed by atoms with Crippen LogP contribution in [0.15, 0.2) is 35.3 Å². The monoisotopic (exact) mass is 352 g/mol. The molecule has 0 radical (unpaired) electrons. The molecule has 10 heteroatoms. The Bertz CT molecular complexity index is 524. The Hall–Kier alpha value is -0.850. The van der Waals surface area contributed by atoms with Crippen LogP contribution in [0.1, 0.15) is 19.3 Å². The van der Waals surface area contributed by atoms with Crippen molar-refractivity contribution in [2.24, 2.45) is 4.99 Å². The van der Waals surface area contributed by atoms with Gasteiger partial charge in [-0.1, -0.05) is 18.2 Å². The Morgan fingerprint density at radius 1 is 1.09 bits per heavy atom. The van der Waals surface area contributed by atoms with Crippen molar-refractivity contribution >= 4 is 20.7 Å². The zero-order chi connectivity index (χ0) is 16.6. The maximum absolute atomic E-state index is 11.0. The highest BCUT2D eigenvalue weighted by atomic mass is 31.3. The lowest BCUT2D eigenvalue weighted by atomic mass is 10.2. The van der Waals surface area contributed by atoms with Crippen LogP contribution in [0.3, 0.4) is 0 Å². The number of para-hydroxylation sites is 1. The molecule has 0 aromatic heterocycles. The normalized spacial score (nSPS) is 13.2. The molecule has 0 amide bonds. The van der Waals surface area contributed by atoms with E-state index in [1.54, 1.807) is 0 Å². The fraction of sp³-hybridized carbons (Fsp3) is 0.417. The van der Waals surface area contributed by atoms with Crippen LogP contribution in [-0.4, -0.2) is 42.8 Å². The Balaban J connectivity index is 2.29. The number of aliphatic imine (C=N–C) groups is 1. The smallest absolute Gasteiger partial charge is 0.469 e. The first-order valence-electron chi connectivity index (χ1n) is 6.57. The van der Waals surface area contributed by atoms with E-state index in [9.17, 15) is 4.57 Å². The van der Waals surface area contributed by atoms with E-state index in [-0.39, 0.29) is 6.54 Å². The molecule has 1 aromatic rings. The van der Waals surface area contributed by atoms with Gasteiger partial charge in [0.1, 0.15) is 5.75 Å². The molecule has 5 N–H and O–H groups in total. The Morgan fingerprint density at radius 3 is 2.27 bits per heavy atom. The molecule has 0 spiro atoms. The summed E-state index contributed by atoms with van der Waals surface area (Å²) in [4.78, 5) is 48.1. The van der Waals surface area contributed by atoms with Gasteiger partial charge in [-0.3, -0.25) is 0 Å². The second kappa shape index (κ2) is 8.70. The van der Waals surface area contributed by atoms with Gasteiger partial charge in [-0.25, -0.2) is 9.56 Å². The van der Waals surface area contributed by atoms with E-state index in [2.05, 4.69) is 4.99 Å². The average Bonchev–Trinajstić information content (AvgIpc) is 2.40. The number of nitrogens with zero attached hydrogens (tertiary/aromatic N) is 1. The molecule has 22 heavy (non-hydrogen) atoms. The van der Waals surface area contributed by atoms with Gasteiger partial charge in [0.15, 0.2) is 0 Å². The second-order valence-corrected chi connectivity index (χ2v) is 7.94. The van der Waals surface area contributed by atoms with Crippen LogP contribution in [0.25, 0.3) is 0 Å². The van der Waals surface area contributed by atoms with Crippen LogP contribution in [0.5, 0.6) is 5.75 Å². The standard InChI is InChI=1S/C12H19NO7P2/c14-21(15,16)12(22(17,18)19)13-9-5-2-6-10-20-11-7-3-1-4-8-11/h1,3-4,7-8,14-16H,2,5-6,9-10H2,(H-,17,18,19)/p+1. The van der Waals surface area contributed by atoms with Crippen molar-refractivity contribution in [3.8, 4) is 5.75 Å². The van der Waals surface area contributed by atoms with E-state index in [1.165, 1.54) is 0 Å². The van der Waals surface area contributed by atoms with E-state index in [4.69, 9.17) is 29.2 Å². The van der Waals surface area contributed by atoms with Gasteiger partial charge in [-0.2, -0.15) is 14.7 Å². The summed E-state index contributed by atoms with van der Waals surface area (Å²) in [5.41, 5.74) is 0. The first-order valence-corrected chi connectivity index (χ1v) is 9.83. The largest absolute Gasteiger partial charge is 0.494 e. The third kappa shape index (κ3) is 7.42. The number of benzene rings is 1. The van der Waals surface area contributed by atoms with Crippen LogP contribution in [-0.2, 0) is 4.57 Å². The average molecular weight is 352 g/mol. The molecule has 1 aromatic carbocycles. The summed E-state index contributed by atoms with van der Waals surface area (Å²) >= 11 is 0. The summed E-state index contributed by atoms with van der Waals surface area (Å²) in [6, 6.07) is 9.28. The van der Waals surface area contributed by atoms with Crippen LogP contribution in [0, 0.1) is 0 Å². The topological polar surface area (TPSA) is 140 Å². The van der Waals surface area contributed by atoms with E-state index < -0.39 is 20.7 Å². The van der Waals surface area contributed by atoms with E-state index in [0.29, 0.717) is 25.9 Å². The Kier molecular flexibility index (Phi) is 7.59. The van der Waals surface area contributed by atoms with Gasteiger partial charge in [-0.15, -0.1) is 0 Å². The van der Waals surface area contributed by atoms with E-state index in [1.807, 2.05) is 30.3 Å². The number of unbranched alkanes of at least 4 members (excludes halogenated alkanes) is 2. The van der Waals surface area contributed by atoms with Crippen molar-refractivity contribution in [2.45, 2.75) is 19.3 Å². The number of hydrogen-bond acceptors (Lipinski definition) is 6. The first kappa shape index (κ1) is 19.2. The molecule has 0 saturated carbocycles. The summed E-state index contributed by atoms with van der Waals surface area (Å²) in [6.07, 6.45) is 1.87. The van der Waals surface area contributed by atoms with Gasteiger partial charge in [-0.05, 0) is 31.4 Å². The highest BCUT2D eigenvalue weighted by molar-refractivity contribution is 8.00. The van der Waals surface area contributed by atoms with Gasteiger partial charge in [0.2, 0.25) is 0 Å². The van der Waals surface area contributed by atoms with Crippen LogP contribution >= 0.6 is 15.5 Å². The van der Waals surface area contributed by atoms with Crippen molar-refractivity contribution in [3.63, 3.8) is 0 Å². The van der Waals surface area contributed by atoms with E-state index >= 15 is 0 Å². The highest BCUT2D eigenvalue weighted by Gasteiger charge is 2.51. The first-order chi connectivity index (χ1) is 10.2. The maximum Gasteiger partial charge on any atom is 0.469 e. The van der Waals surface area contributed by atoms with Crippen molar-refractivity contribution in [1.29, 1.82) is 0 Å². The minimum Gasteiger partial charge on any atom is -0.494 e. The molecule has 0 fully saturated rings. The third-order valence-electron chi connectivity index (χ3n) is 2.60. The molecular formula is C12H20NO7P2+. The summed E-state index contributed by atoms with van der Waals surface area (Å²) < 4.78 is 16.5.